The van der Waals surface area contributed by atoms with Gasteiger partial charge in [0.2, 0.25) is 0 Å². The molecule has 2 aliphatic rings. The molecule has 2 aromatic rings. The number of hydrogen-bond acceptors (Lipinski definition) is 6. The standard InChI is InChI=1S/C25H27ClN4O3/c26-20-9-3-19(4-10-20)25(32)27-15-1-2-24(31)18-7-13-22(14-8-18)33-21-11-5-17(6-12-21)23-16-28-30-29-23/h3-4,7-10,13-14,17,21H,1-2,5-6,11-12,15-16H2,(H,27,32). The molecule has 0 radical (unpaired) electrons. The van der Waals surface area contributed by atoms with Crippen LogP contribution in [0.2, 0.25) is 5.02 Å². The summed E-state index contributed by atoms with van der Waals surface area (Å²) in [7, 11) is 0. The Morgan fingerprint density at radius 1 is 0.970 bits per heavy atom. The van der Waals surface area contributed by atoms with Gasteiger partial charge < -0.3 is 10.1 Å². The molecule has 8 heteroatoms. The van der Waals surface area contributed by atoms with E-state index in [0.29, 0.717) is 48.0 Å². The maximum absolute atomic E-state index is 12.5. The zero-order chi connectivity index (χ0) is 23.0. The lowest BCUT2D eigenvalue weighted by molar-refractivity contribution is 0.0938. The molecule has 7 nitrogen and oxygen atoms in total. The van der Waals surface area contributed by atoms with Crippen molar-refractivity contribution in [3.63, 3.8) is 0 Å². The molecule has 1 saturated carbocycles. The highest BCUT2D eigenvalue weighted by molar-refractivity contribution is 6.30. The summed E-state index contributed by atoms with van der Waals surface area (Å²) in [6.07, 6.45) is 5.17. The molecule has 1 amide bonds. The fraction of sp³-hybridized carbons (Fsp3) is 0.400. The highest BCUT2D eigenvalue weighted by atomic mass is 35.5. The van der Waals surface area contributed by atoms with E-state index < -0.39 is 0 Å². The first-order valence-electron chi connectivity index (χ1n) is 11.4. The first-order valence-corrected chi connectivity index (χ1v) is 11.7. The normalized spacial score (nSPS) is 19.7. The predicted octanol–water partition coefficient (Wildman–Crippen LogP) is 5.49. The largest absolute Gasteiger partial charge is 0.490 e. The number of carbonyl (C=O) groups is 2. The molecule has 2 aromatic carbocycles. The first kappa shape index (κ1) is 23.1. The van der Waals surface area contributed by atoms with Crippen molar-refractivity contribution in [1.82, 2.24) is 5.32 Å². The third-order valence-corrected chi connectivity index (χ3v) is 6.32. The second-order valence-corrected chi connectivity index (χ2v) is 8.82. The van der Waals surface area contributed by atoms with Gasteiger partial charge in [-0.15, -0.1) is 5.10 Å². The smallest absolute Gasteiger partial charge is 0.251 e. The van der Waals surface area contributed by atoms with Gasteiger partial charge in [-0.3, -0.25) is 9.59 Å². The molecule has 1 aliphatic carbocycles. The SMILES string of the molecule is O=C(CCCNC(=O)c1ccc(Cl)cc1)c1ccc(OC2CCC(C3=NN=NC3)CC2)cc1. The summed E-state index contributed by atoms with van der Waals surface area (Å²) in [5.41, 5.74) is 2.30. The van der Waals surface area contributed by atoms with E-state index in [-0.39, 0.29) is 17.8 Å². The molecule has 0 saturated heterocycles. The molecule has 4 rings (SSSR count). The van der Waals surface area contributed by atoms with E-state index in [4.69, 9.17) is 16.3 Å². The number of amides is 1. The van der Waals surface area contributed by atoms with Gasteiger partial charge in [0.1, 0.15) is 12.3 Å². The molecule has 0 spiro atoms. The lowest BCUT2D eigenvalue weighted by atomic mass is 9.84. The van der Waals surface area contributed by atoms with Crippen LogP contribution in [0.3, 0.4) is 0 Å². The minimum atomic E-state index is -0.170. The van der Waals surface area contributed by atoms with Crippen LogP contribution < -0.4 is 10.1 Å². The van der Waals surface area contributed by atoms with Gasteiger partial charge in [-0.25, -0.2) is 0 Å². The van der Waals surface area contributed by atoms with Crippen molar-refractivity contribution in [1.29, 1.82) is 0 Å². The summed E-state index contributed by atoms with van der Waals surface area (Å²) >= 11 is 5.84. The second-order valence-electron chi connectivity index (χ2n) is 8.39. The van der Waals surface area contributed by atoms with Crippen molar-refractivity contribution in [3.05, 3.63) is 64.7 Å². The van der Waals surface area contributed by atoms with E-state index in [2.05, 4.69) is 20.8 Å². The highest BCUT2D eigenvalue weighted by Gasteiger charge is 2.27. The molecule has 33 heavy (non-hydrogen) atoms. The number of rotatable bonds is 9. The van der Waals surface area contributed by atoms with Crippen LogP contribution in [-0.2, 0) is 0 Å². The average Bonchev–Trinajstić information content (AvgIpc) is 3.38. The van der Waals surface area contributed by atoms with Crippen LogP contribution in [0.1, 0.15) is 59.2 Å². The molecule has 0 unspecified atom stereocenters. The maximum Gasteiger partial charge on any atom is 0.251 e. The van der Waals surface area contributed by atoms with Crippen LogP contribution in [0.25, 0.3) is 0 Å². The summed E-state index contributed by atoms with van der Waals surface area (Å²) in [6.45, 7) is 1.08. The van der Waals surface area contributed by atoms with Crippen molar-refractivity contribution < 1.29 is 14.3 Å². The number of ketones is 1. The predicted molar refractivity (Wildman–Crippen MR) is 127 cm³/mol. The number of hydrogen-bond donors (Lipinski definition) is 1. The van der Waals surface area contributed by atoms with Crippen molar-refractivity contribution >= 4 is 29.0 Å². The van der Waals surface area contributed by atoms with Gasteiger partial charge in [0.15, 0.2) is 5.78 Å². The van der Waals surface area contributed by atoms with Crippen molar-refractivity contribution in [2.75, 3.05) is 13.1 Å². The van der Waals surface area contributed by atoms with Gasteiger partial charge in [-0.2, -0.15) is 5.11 Å². The van der Waals surface area contributed by atoms with E-state index in [1.807, 2.05) is 24.3 Å². The van der Waals surface area contributed by atoms with Gasteiger partial charge in [0.05, 0.1) is 11.8 Å². The second kappa shape index (κ2) is 11.2. The molecule has 0 aromatic heterocycles. The zero-order valence-corrected chi connectivity index (χ0v) is 19.1. The Morgan fingerprint density at radius 2 is 1.67 bits per heavy atom. The van der Waals surface area contributed by atoms with Gasteiger partial charge in [0, 0.05) is 35.0 Å². The Hall–Kier alpha value is -3.06. The Balaban J connectivity index is 1.16. The summed E-state index contributed by atoms with van der Waals surface area (Å²) in [6, 6.07) is 14.1. The van der Waals surface area contributed by atoms with Gasteiger partial charge in [0.25, 0.3) is 5.91 Å². The summed E-state index contributed by atoms with van der Waals surface area (Å²) in [4.78, 5) is 24.6. The quantitative estimate of drug-likeness (QED) is 0.391. The summed E-state index contributed by atoms with van der Waals surface area (Å²) < 4.78 is 6.12. The monoisotopic (exact) mass is 466 g/mol. The number of benzene rings is 2. The van der Waals surface area contributed by atoms with Crippen LogP contribution in [-0.4, -0.2) is 36.6 Å². The van der Waals surface area contributed by atoms with E-state index in [9.17, 15) is 9.59 Å². The number of nitrogens with zero attached hydrogens (tertiary/aromatic N) is 3. The number of ether oxygens (including phenoxy) is 1. The van der Waals surface area contributed by atoms with E-state index in [1.165, 1.54) is 0 Å². The van der Waals surface area contributed by atoms with Crippen molar-refractivity contribution in [2.45, 2.75) is 44.6 Å². The van der Waals surface area contributed by atoms with E-state index >= 15 is 0 Å². The van der Waals surface area contributed by atoms with Crippen LogP contribution >= 0.6 is 11.6 Å². The molecule has 1 aliphatic heterocycles. The van der Waals surface area contributed by atoms with Gasteiger partial charge in [-0.05, 0) is 85.9 Å². The third-order valence-electron chi connectivity index (χ3n) is 6.07. The van der Waals surface area contributed by atoms with Crippen LogP contribution in [0.15, 0.2) is 64.0 Å². The lowest BCUT2D eigenvalue weighted by Gasteiger charge is -2.28. The van der Waals surface area contributed by atoms with E-state index in [1.54, 1.807) is 24.3 Å². The van der Waals surface area contributed by atoms with Crippen LogP contribution in [0.4, 0.5) is 0 Å². The van der Waals surface area contributed by atoms with Gasteiger partial charge >= 0.3 is 0 Å². The Labute approximate surface area is 198 Å². The molecule has 1 fully saturated rings. The van der Waals surface area contributed by atoms with Crippen molar-refractivity contribution in [2.24, 2.45) is 21.4 Å². The number of carbonyl (C=O) groups excluding carboxylic acids is 2. The lowest BCUT2D eigenvalue weighted by Crippen LogP contribution is -2.28. The Morgan fingerprint density at radius 3 is 2.33 bits per heavy atom. The molecule has 1 N–H and O–H groups in total. The van der Waals surface area contributed by atoms with Crippen LogP contribution in [0.5, 0.6) is 5.75 Å². The summed E-state index contributed by atoms with van der Waals surface area (Å²) in [5.74, 6) is 1.14. The van der Waals surface area contributed by atoms with Gasteiger partial charge in [-0.1, -0.05) is 11.6 Å². The number of nitrogens with one attached hydrogen (secondary N) is 1. The number of halogens is 1. The molecule has 1 heterocycles. The molecular weight excluding hydrogens is 440 g/mol. The minimum absolute atomic E-state index is 0.0518. The molecule has 0 atom stereocenters. The van der Waals surface area contributed by atoms with Crippen molar-refractivity contribution in [3.8, 4) is 5.75 Å². The first-order chi connectivity index (χ1) is 16.1. The fourth-order valence-corrected chi connectivity index (χ4v) is 4.29. The summed E-state index contributed by atoms with van der Waals surface area (Å²) in [5, 5.41) is 15.2. The molecular formula is C25H27ClN4O3. The molecule has 0 bridgehead atoms. The third kappa shape index (κ3) is 6.48. The average molecular weight is 467 g/mol. The Kier molecular flexibility index (Phi) is 7.83. The Bertz CT molecular complexity index is 1030. The minimum Gasteiger partial charge on any atom is -0.490 e. The topological polar surface area (TPSA) is 92.5 Å². The fourth-order valence-electron chi connectivity index (χ4n) is 4.16. The van der Waals surface area contributed by atoms with Crippen LogP contribution in [0, 0.1) is 5.92 Å². The highest BCUT2D eigenvalue weighted by Crippen LogP contribution is 2.30. The molecule has 172 valence electrons. The maximum atomic E-state index is 12.5. The van der Waals surface area contributed by atoms with E-state index in [0.717, 1.165) is 37.1 Å². The zero-order valence-electron chi connectivity index (χ0n) is 18.4. The number of Topliss-reactive ketones (excluding diaryl/α,β-unsaturated/α-hetero) is 1.